The van der Waals surface area contributed by atoms with Gasteiger partial charge in [0.15, 0.2) is 10.6 Å². The Morgan fingerprint density at radius 2 is 1.92 bits per heavy atom. The van der Waals surface area contributed by atoms with Crippen LogP contribution in [0.25, 0.3) is 0 Å². The van der Waals surface area contributed by atoms with Crippen LogP contribution in [0.4, 0.5) is 5.69 Å². The topological polar surface area (TPSA) is 49.5 Å². The molecule has 0 amide bonds. The normalized spacial score (nSPS) is 14.3. The molecule has 1 aromatic heterocycles. The molecule has 130 valence electrons. The summed E-state index contributed by atoms with van der Waals surface area (Å²) in [5, 5.41) is 14.0. The predicted molar refractivity (Wildman–Crippen MR) is 97.6 cm³/mol. The van der Waals surface area contributed by atoms with E-state index in [-0.39, 0.29) is 6.61 Å². The maximum atomic E-state index is 9.51. The second-order valence-electron chi connectivity index (χ2n) is 6.44. The number of benzene rings is 1. The molecule has 0 saturated heterocycles. The van der Waals surface area contributed by atoms with Crippen molar-refractivity contribution in [3.8, 4) is 0 Å². The fraction of sp³-hybridized carbons (Fsp3) is 0.529. The monoisotopic (exact) mass is 347 g/mol. The first-order valence-corrected chi connectivity index (χ1v) is 8.74. The second kappa shape index (κ2) is 7.46. The summed E-state index contributed by atoms with van der Waals surface area (Å²) >= 11 is 5.54. The lowest BCUT2D eigenvalue weighted by Gasteiger charge is -2.23. The molecule has 0 spiro atoms. The van der Waals surface area contributed by atoms with Crippen molar-refractivity contribution in [3.63, 3.8) is 0 Å². The quantitative estimate of drug-likeness (QED) is 0.743. The van der Waals surface area contributed by atoms with Crippen molar-refractivity contribution in [2.24, 2.45) is 0 Å². The zero-order valence-corrected chi connectivity index (χ0v) is 15.1. The van der Waals surface area contributed by atoms with E-state index in [1.165, 1.54) is 5.69 Å². The van der Waals surface area contributed by atoms with E-state index in [0.717, 1.165) is 25.9 Å². The molecule has 1 N–H and O–H groups in total. The number of aromatic nitrogens is 3. The number of hydrogen-bond acceptors (Lipinski definition) is 5. The molecular formula is C17H25N5OS. The lowest BCUT2D eigenvalue weighted by molar-refractivity contribution is 0.248. The molecule has 0 radical (unpaired) electrons. The van der Waals surface area contributed by atoms with Gasteiger partial charge < -0.3 is 10.0 Å². The van der Waals surface area contributed by atoms with E-state index in [1.807, 2.05) is 15.3 Å². The number of anilines is 1. The zero-order chi connectivity index (χ0) is 17.1. The largest absolute Gasteiger partial charge is 0.388 e. The van der Waals surface area contributed by atoms with Gasteiger partial charge in [0.2, 0.25) is 0 Å². The number of likely N-dealkylation sites (N-methyl/N-ethyl adjacent to an activating group) is 2. The standard InChI is InChI=1S/C17H25N5OS/c1-19(10-11-20(2)14-6-4-3-5-7-14)13-21-17(24)22(15-8-9-15)16(12-23)18-21/h3-7,15,23H,8-13H2,1-2H3. The fourth-order valence-electron chi connectivity index (χ4n) is 2.80. The van der Waals surface area contributed by atoms with Crippen molar-refractivity contribution in [1.29, 1.82) is 0 Å². The average Bonchev–Trinajstić information content (AvgIpc) is 3.39. The third-order valence-electron chi connectivity index (χ3n) is 4.38. The molecule has 1 aliphatic carbocycles. The summed E-state index contributed by atoms with van der Waals surface area (Å²) in [5.41, 5.74) is 1.21. The predicted octanol–water partition coefficient (Wildman–Crippen LogP) is 2.27. The Hall–Kier alpha value is -1.70. The van der Waals surface area contributed by atoms with Gasteiger partial charge in [0, 0.05) is 31.9 Å². The lowest BCUT2D eigenvalue weighted by Crippen LogP contribution is -2.32. The molecule has 1 heterocycles. The van der Waals surface area contributed by atoms with E-state index in [4.69, 9.17) is 12.2 Å². The summed E-state index contributed by atoms with van der Waals surface area (Å²) in [7, 11) is 4.16. The summed E-state index contributed by atoms with van der Waals surface area (Å²) in [6.07, 6.45) is 2.26. The fourth-order valence-corrected chi connectivity index (χ4v) is 3.15. The molecule has 1 saturated carbocycles. The second-order valence-corrected chi connectivity index (χ2v) is 6.80. The molecule has 0 aliphatic heterocycles. The van der Waals surface area contributed by atoms with E-state index < -0.39 is 0 Å². The minimum atomic E-state index is -0.0619. The first-order chi connectivity index (χ1) is 11.6. The average molecular weight is 347 g/mol. The van der Waals surface area contributed by atoms with Crippen molar-refractivity contribution in [1.82, 2.24) is 19.2 Å². The molecule has 2 aromatic rings. The van der Waals surface area contributed by atoms with Gasteiger partial charge in [0.25, 0.3) is 0 Å². The number of aliphatic hydroxyl groups is 1. The van der Waals surface area contributed by atoms with Gasteiger partial charge in [-0.05, 0) is 44.2 Å². The van der Waals surface area contributed by atoms with Crippen LogP contribution >= 0.6 is 12.2 Å². The highest BCUT2D eigenvalue weighted by Gasteiger charge is 2.28. The number of nitrogens with zero attached hydrogens (tertiary/aromatic N) is 5. The number of rotatable bonds is 8. The Balaban J connectivity index is 1.59. The first-order valence-electron chi connectivity index (χ1n) is 8.34. The van der Waals surface area contributed by atoms with Crippen LogP contribution in [-0.2, 0) is 13.3 Å². The van der Waals surface area contributed by atoms with Crippen LogP contribution in [0.3, 0.4) is 0 Å². The highest BCUT2D eigenvalue weighted by molar-refractivity contribution is 7.71. The molecule has 0 unspecified atom stereocenters. The SMILES string of the molecule is CN(CCN(C)c1ccccc1)Cn1nc(CO)n(C2CC2)c1=S. The molecule has 0 bridgehead atoms. The molecule has 6 nitrogen and oxygen atoms in total. The Bertz CT molecular complexity index is 722. The van der Waals surface area contributed by atoms with Crippen molar-refractivity contribution >= 4 is 17.9 Å². The van der Waals surface area contributed by atoms with Crippen LogP contribution in [0.2, 0.25) is 0 Å². The van der Waals surface area contributed by atoms with Crippen LogP contribution in [0.5, 0.6) is 0 Å². The van der Waals surface area contributed by atoms with Gasteiger partial charge in [-0.2, -0.15) is 5.10 Å². The summed E-state index contributed by atoms with van der Waals surface area (Å²) < 4.78 is 4.55. The first kappa shape index (κ1) is 17.1. The van der Waals surface area contributed by atoms with Gasteiger partial charge in [-0.15, -0.1) is 0 Å². The summed E-state index contributed by atoms with van der Waals surface area (Å²) in [5.74, 6) is 0.678. The van der Waals surface area contributed by atoms with Gasteiger partial charge in [0.1, 0.15) is 6.61 Å². The summed E-state index contributed by atoms with van der Waals surface area (Å²) in [4.78, 5) is 4.43. The minimum absolute atomic E-state index is 0.0619. The molecule has 1 fully saturated rings. The van der Waals surface area contributed by atoms with Crippen molar-refractivity contribution in [3.05, 3.63) is 40.9 Å². The molecule has 7 heteroatoms. The van der Waals surface area contributed by atoms with Crippen molar-refractivity contribution < 1.29 is 5.11 Å². The number of aliphatic hydroxyl groups excluding tert-OH is 1. The van der Waals surface area contributed by atoms with Gasteiger partial charge in [0.05, 0.1) is 6.67 Å². The third kappa shape index (κ3) is 3.85. The number of para-hydroxylation sites is 1. The van der Waals surface area contributed by atoms with Crippen LogP contribution in [0.1, 0.15) is 24.7 Å². The highest BCUT2D eigenvalue weighted by atomic mass is 32.1. The molecule has 0 atom stereocenters. The molecule has 1 aromatic carbocycles. The Labute approximate surface area is 147 Å². The van der Waals surface area contributed by atoms with E-state index in [2.05, 4.69) is 53.3 Å². The maximum absolute atomic E-state index is 9.51. The molecular weight excluding hydrogens is 322 g/mol. The summed E-state index contributed by atoms with van der Waals surface area (Å²) in [6, 6.07) is 10.8. The van der Waals surface area contributed by atoms with E-state index in [9.17, 15) is 5.11 Å². The molecule has 1 aliphatic rings. The van der Waals surface area contributed by atoms with E-state index in [0.29, 0.717) is 23.3 Å². The van der Waals surface area contributed by atoms with Gasteiger partial charge in [-0.25, -0.2) is 4.68 Å². The van der Waals surface area contributed by atoms with Crippen LogP contribution in [0, 0.1) is 4.77 Å². The van der Waals surface area contributed by atoms with E-state index in [1.54, 1.807) is 0 Å². The van der Waals surface area contributed by atoms with Crippen molar-refractivity contribution in [2.75, 3.05) is 32.1 Å². The van der Waals surface area contributed by atoms with Gasteiger partial charge in [-0.1, -0.05) is 18.2 Å². The lowest BCUT2D eigenvalue weighted by atomic mass is 10.3. The smallest absolute Gasteiger partial charge is 0.199 e. The number of hydrogen-bond donors (Lipinski definition) is 1. The Kier molecular flexibility index (Phi) is 5.33. The van der Waals surface area contributed by atoms with E-state index >= 15 is 0 Å². The third-order valence-corrected chi connectivity index (χ3v) is 4.79. The Morgan fingerprint density at radius 1 is 1.21 bits per heavy atom. The zero-order valence-electron chi connectivity index (χ0n) is 14.3. The maximum Gasteiger partial charge on any atom is 0.199 e. The van der Waals surface area contributed by atoms with Crippen LogP contribution < -0.4 is 4.90 Å². The van der Waals surface area contributed by atoms with Crippen LogP contribution in [-0.4, -0.2) is 51.5 Å². The van der Waals surface area contributed by atoms with Crippen LogP contribution in [0.15, 0.2) is 30.3 Å². The summed E-state index contributed by atoms with van der Waals surface area (Å²) in [6.45, 7) is 2.39. The van der Waals surface area contributed by atoms with Gasteiger partial charge >= 0.3 is 0 Å². The van der Waals surface area contributed by atoms with Gasteiger partial charge in [-0.3, -0.25) is 9.47 Å². The highest BCUT2D eigenvalue weighted by Crippen LogP contribution is 2.36. The van der Waals surface area contributed by atoms with Crippen molar-refractivity contribution in [2.45, 2.75) is 32.2 Å². The molecule has 24 heavy (non-hydrogen) atoms. The Morgan fingerprint density at radius 3 is 2.54 bits per heavy atom. The minimum Gasteiger partial charge on any atom is -0.388 e. The molecule has 3 rings (SSSR count).